The molecule has 1 N–H and O–H groups in total. The van der Waals surface area contributed by atoms with E-state index in [4.69, 9.17) is 0 Å². The Hall–Kier alpha value is -0.830. The van der Waals surface area contributed by atoms with Crippen LogP contribution in [0.2, 0.25) is 0 Å². The second-order valence-corrected chi connectivity index (χ2v) is 4.85. The minimum absolute atomic E-state index is 0.480. The van der Waals surface area contributed by atoms with Gasteiger partial charge in [0.05, 0.1) is 6.20 Å². The molecule has 1 aliphatic heterocycles. The van der Waals surface area contributed by atoms with Gasteiger partial charge in [0.2, 0.25) is 0 Å². The molecule has 2 aliphatic rings. The molecule has 1 aliphatic carbocycles. The zero-order valence-electron chi connectivity index (χ0n) is 9.42. The molecule has 0 bridgehead atoms. The van der Waals surface area contributed by atoms with Crippen LogP contribution in [0.5, 0.6) is 0 Å². The summed E-state index contributed by atoms with van der Waals surface area (Å²) in [5, 5.41) is 7.96. The number of fused-ring (bicyclic) bond motifs is 2. The van der Waals surface area contributed by atoms with E-state index in [0.29, 0.717) is 5.41 Å². The summed E-state index contributed by atoms with van der Waals surface area (Å²) in [4.78, 5) is 0. The van der Waals surface area contributed by atoms with E-state index in [1.54, 1.807) is 5.56 Å². The van der Waals surface area contributed by atoms with Gasteiger partial charge in [0, 0.05) is 17.7 Å². The van der Waals surface area contributed by atoms with Crippen LogP contribution in [-0.4, -0.2) is 22.9 Å². The number of nitrogens with zero attached hydrogens (tertiary/aromatic N) is 2. The molecule has 1 spiro atoms. The molecular formula is C12H19N3. The summed E-state index contributed by atoms with van der Waals surface area (Å²) in [6.45, 7) is 5.55. The first-order valence-corrected chi connectivity index (χ1v) is 6.12. The predicted molar refractivity (Wildman–Crippen MR) is 60.0 cm³/mol. The summed E-state index contributed by atoms with van der Waals surface area (Å²) in [7, 11) is 0. The van der Waals surface area contributed by atoms with Crippen molar-refractivity contribution in [1.82, 2.24) is 15.1 Å². The normalized spacial score (nSPS) is 23.3. The van der Waals surface area contributed by atoms with Gasteiger partial charge in [0.25, 0.3) is 0 Å². The van der Waals surface area contributed by atoms with E-state index in [2.05, 4.69) is 28.2 Å². The van der Waals surface area contributed by atoms with Crippen molar-refractivity contribution in [2.75, 3.05) is 13.1 Å². The molecular weight excluding hydrogens is 186 g/mol. The van der Waals surface area contributed by atoms with Crippen molar-refractivity contribution in [1.29, 1.82) is 0 Å². The highest BCUT2D eigenvalue weighted by Crippen LogP contribution is 2.44. The van der Waals surface area contributed by atoms with Crippen LogP contribution in [0.4, 0.5) is 0 Å². The first-order valence-electron chi connectivity index (χ1n) is 6.12. The van der Waals surface area contributed by atoms with Crippen molar-refractivity contribution in [3.8, 4) is 0 Å². The maximum atomic E-state index is 4.50. The van der Waals surface area contributed by atoms with Crippen molar-refractivity contribution in [3.05, 3.63) is 17.5 Å². The Morgan fingerprint density at radius 3 is 2.93 bits per heavy atom. The molecule has 3 heteroatoms. The van der Waals surface area contributed by atoms with Crippen LogP contribution in [0.15, 0.2) is 6.20 Å². The average molecular weight is 205 g/mol. The summed E-state index contributed by atoms with van der Waals surface area (Å²) in [6.07, 6.45) is 7.33. The van der Waals surface area contributed by atoms with Crippen LogP contribution < -0.4 is 5.32 Å². The molecule has 15 heavy (non-hydrogen) atoms. The molecule has 1 aromatic rings. The highest BCUT2D eigenvalue weighted by Gasteiger charge is 2.41. The van der Waals surface area contributed by atoms with E-state index < -0.39 is 0 Å². The SMILES string of the molecule is CCn1ncc2c1CCC21CCNCC1. The minimum Gasteiger partial charge on any atom is -0.317 e. The fourth-order valence-corrected chi connectivity index (χ4v) is 3.31. The van der Waals surface area contributed by atoms with Gasteiger partial charge >= 0.3 is 0 Å². The number of hydrogen-bond donors (Lipinski definition) is 1. The monoisotopic (exact) mass is 205 g/mol. The molecule has 1 saturated heterocycles. The summed E-state index contributed by atoms with van der Waals surface area (Å²) in [5.41, 5.74) is 3.55. The lowest BCUT2D eigenvalue weighted by atomic mass is 9.75. The molecule has 2 heterocycles. The predicted octanol–water partition coefficient (Wildman–Crippen LogP) is 1.47. The van der Waals surface area contributed by atoms with Crippen LogP contribution in [0.1, 0.15) is 37.4 Å². The van der Waals surface area contributed by atoms with Crippen LogP contribution in [0, 0.1) is 0 Å². The Labute approximate surface area is 90.9 Å². The van der Waals surface area contributed by atoms with Crippen molar-refractivity contribution in [2.45, 2.75) is 44.6 Å². The fraction of sp³-hybridized carbons (Fsp3) is 0.750. The lowest BCUT2D eigenvalue weighted by molar-refractivity contribution is 0.306. The first kappa shape index (κ1) is 9.40. The van der Waals surface area contributed by atoms with Gasteiger partial charge in [0.15, 0.2) is 0 Å². The largest absolute Gasteiger partial charge is 0.317 e. The number of hydrogen-bond acceptors (Lipinski definition) is 2. The van der Waals surface area contributed by atoms with E-state index >= 15 is 0 Å². The third kappa shape index (κ3) is 1.26. The van der Waals surface area contributed by atoms with Gasteiger partial charge in [-0.3, -0.25) is 4.68 Å². The summed E-state index contributed by atoms with van der Waals surface area (Å²) < 4.78 is 2.19. The molecule has 1 aromatic heterocycles. The zero-order valence-corrected chi connectivity index (χ0v) is 9.42. The van der Waals surface area contributed by atoms with E-state index in [0.717, 1.165) is 6.54 Å². The lowest BCUT2D eigenvalue weighted by Crippen LogP contribution is -2.38. The zero-order chi connectivity index (χ0) is 10.3. The molecule has 0 unspecified atom stereocenters. The Morgan fingerprint density at radius 2 is 2.20 bits per heavy atom. The third-order valence-electron chi connectivity index (χ3n) is 4.22. The number of piperidine rings is 1. The quantitative estimate of drug-likeness (QED) is 0.752. The Balaban J connectivity index is 1.99. The minimum atomic E-state index is 0.480. The summed E-state index contributed by atoms with van der Waals surface area (Å²) >= 11 is 0. The average Bonchev–Trinajstić information content (AvgIpc) is 2.83. The lowest BCUT2D eigenvalue weighted by Gasteiger charge is -2.33. The summed E-state index contributed by atoms with van der Waals surface area (Å²) in [6, 6.07) is 0. The van der Waals surface area contributed by atoms with Gasteiger partial charge in [-0.25, -0.2) is 0 Å². The molecule has 3 rings (SSSR count). The number of aryl methyl sites for hydroxylation is 1. The second kappa shape index (κ2) is 3.34. The molecule has 0 saturated carbocycles. The van der Waals surface area contributed by atoms with Crippen molar-refractivity contribution in [3.63, 3.8) is 0 Å². The Bertz CT molecular complexity index is 361. The fourth-order valence-electron chi connectivity index (χ4n) is 3.31. The van der Waals surface area contributed by atoms with Gasteiger partial charge in [-0.15, -0.1) is 0 Å². The van der Waals surface area contributed by atoms with Gasteiger partial charge in [-0.2, -0.15) is 5.10 Å². The number of rotatable bonds is 1. The molecule has 1 fully saturated rings. The van der Waals surface area contributed by atoms with Crippen LogP contribution >= 0.6 is 0 Å². The molecule has 3 nitrogen and oxygen atoms in total. The molecule has 82 valence electrons. The number of aromatic nitrogens is 2. The second-order valence-electron chi connectivity index (χ2n) is 4.85. The topological polar surface area (TPSA) is 29.9 Å². The standard InChI is InChI=1S/C12H19N3/c1-2-15-11-3-4-12(10(11)9-14-15)5-7-13-8-6-12/h9,13H,2-8H2,1H3. The first-order chi connectivity index (χ1) is 7.36. The smallest absolute Gasteiger partial charge is 0.0530 e. The van der Waals surface area contributed by atoms with Crippen LogP contribution in [0.25, 0.3) is 0 Å². The Kier molecular flexibility index (Phi) is 2.09. The summed E-state index contributed by atoms with van der Waals surface area (Å²) in [5.74, 6) is 0. The van der Waals surface area contributed by atoms with E-state index in [1.165, 1.54) is 44.5 Å². The highest BCUT2D eigenvalue weighted by molar-refractivity contribution is 5.34. The van der Waals surface area contributed by atoms with Gasteiger partial charge in [0.1, 0.15) is 0 Å². The highest BCUT2D eigenvalue weighted by atomic mass is 15.3. The molecule has 0 aromatic carbocycles. The molecule has 0 radical (unpaired) electrons. The van der Waals surface area contributed by atoms with Gasteiger partial charge in [-0.05, 0) is 51.3 Å². The molecule has 0 amide bonds. The van der Waals surface area contributed by atoms with Gasteiger partial charge in [-0.1, -0.05) is 0 Å². The maximum absolute atomic E-state index is 4.50. The third-order valence-corrected chi connectivity index (χ3v) is 4.22. The van der Waals surface area contributed by atoms with Gasteiger partial charge < -0.3 is 5.32 Å². The van der Waals surface area contributed by atoms with Crippen LogP contribution in [-0.2, 0) is 18.4 Å². The number of nitrogens with one attached hydrogen (secondary N) is 1. The van der Waals surface area contributed by atoms with E-state index in [9.17, 15) is 0 Å². The Morgan fingerprint density at radius 1 is 1.40 bits per heavy atom. The van der Waals surface area contributed by atoms with E-state index in [1.807, 2.05) is 0 Å². The maximum Gasteiger partial charge on any atom is 0.0530 e. The molecule has 0 atom stereocenters. The van der Waals surface area contributed by atoms with E-state index in [-0.39, 0.29) is 0 Å². The van der Waals surface area contributed by atoms with Crippen molar-refractivity contribution < 1.29 is 0 Å². The van der Waals surface area contributed by atoms with Crippen LogP contribution in [0.3, 0.4) is 0 Å². The van der Waals surface area contributed by atoms with Crippen molar-refractivity contribution >= 4 is 0 Å². The van der Waals surface area contributed by atoms with Crippen molar-refractivity contribution in [2.24, 2.45) is 0 Å².